The molecule has 2 amide bonds. The number of sulfonamides is 1. The molecule has 0 saturated carbocycles. The van der Waals surface area contributed by atoms with Crippen LogP contribution in [0.25, 0.3) is 0 Å². The van der Waals surface area contributed by atoms with Gasteiger partial charge in [0.1, 0.15) is 18.3 Å². The zero-order chi connectivity index (χ0) is 30.3. The minimum Gasteiger partial charge on any atom is -0.497 e. The lowest BCUT2D eigenvalue weighted by Gasteiger charge is -2.34. The van der Waals surface area contributed by atoms with Crippen molar-refractivity contribution < 1.29 is 22.7 Å². The predicted octanol–water partition coefficient (Wildman–Crippen LogP) is 5.15. The quantitative estimate of drug-likeness (QED) is 0.320. The number of hydrogen-bond acceptors (Lipinski definition) is 5. The van der Waals surface area contributed by atoms with Gasteiger partial charge in [-0.25, -0.2) is 8.42 Å². The van der Waals surface area contributed by atoms with Crippen LogP contribution in [0.5, 0.6) is 5.75 Å². The van der Waals surface area contributed by atoms with E-state index >= 15 is 0 Å². The molecule has 0 spiro atoms. The average Bonchev–Trinajstić information content (AvgIpc) is 2.93. The molecular weight excluding hydrogens is 538 g/mol. The average molecular weight is 580 g/mol. The summed E-state index contributed by atoms with van der Waals surface area (Å²) in [6.45, 7) is 10.8. The van der Waals surface area contributed by atoms with E-state index in [0.29, 0.717) is 23.4 Å². The number of nitrogens with zero attached hydrogens (tertiary/aromatic N) is 2. The first-order valence-corrected chi connectivity index (χ1v) is 15.2. The van der Waals surface area contributed by atoms with Gasteiger partial charge in [0.25, 0.3) is 10.0 Å². The smallest absolute Gasteiger partial charge is 0.264 e. The summed E-state index contributed by atoms with van der Waals surface area (Å²) in [6.07, 6.45) is 0.356. The molecular formula is C32H41N3O5S. The number of rotatable bonds is 12. The molecule has 1 atom stereocenters. The SMILES string of the molecule is CC[C@@H](C(=O)NC(C)C)N(Cc1ccc(OC)cc1)C(=O)CN(c1cc(C)ccc1C)S(=O)(=O)c1ccc(C)cc1. The number of methoxy groups -OCH3 is 1. The number of hydrogen-bond donors (Lipinski definition) is 1. The van der Waals surface area contributed by atoms with Crippen LogP contribution in [0, 0.1) is 20.8 Å². The Kier molecular flexibility index (Phi) is 10.6. The van der Waals surface area contributed by atoms with E-state index in [1.54, 1.807) is 49.6 Å². The summed E-state index contributed by atoms with van der Waals surface area (Å²) in [4.78, 5) is 29.0. The molecule has 0 aromatic heterocycles. The normalized spacial score (nSPS) is 12.1. The van der Waals surface area contributed by atoms with Gasteiger partial charge in [-0.2, -0.15) is 0 Å². The second-order valence-corrected chi connectivity index (χ2v) is 12.4. The lowest BCUT2D eigenvalue weighted by Crippen LogP contribution is -2.53. The van der Waals surface area contributed by atoms with E-state index in [-0.39, 0.29) is 23.4 Å². The van der Waals surface area contributed by atoms with Gasteiger partial charge in [0.05, 0.1) is 17.7 Å². The molecule has 0 aliphatic carbocycles. The summed E-state index contributed by atoms with van der Waals surface area (Å²) in [7, 11) is -2.55. The Morgan fingerprint density at radius 2 is 1.51 bits per heavy atom. The lowest BCUT2D eigenvalue weighted by atomic mass is 10.1. The van der Waals surface area contributed by atoms with Crippen molar-refractivity contribution in [2.75, 3.05) is 18.0 Å². The van der Waals surface area contributed by atoms with Crippen LogP contribution < -0.4 is 14.4 Å². The molecule has 0 radical (unpaired) electrons. The molecule has 0 bridgehead atoms. The van der Waals surface area contributed by atoms with Crippen molar-refractivity contribution in [3.8, 4) is 5.75 Å². The number of ether oxygens (including phenoxy) is 1. The fourth-order valence-corrected chi connectivity index (χ4v) is 6.04. The van der Waals surface area contributed by atoms with Gasteiger partial charge in [0, 0.05) is 12.6 Å². The Hall–Kier alpha value is -3.85. The maximum absolute atomic E-state index is 14.2. The Morgan fingerprint density at radius 1 is 0.902 bits per heavy atom. The minimum absolute atomic E-state index is 0.0862. The maximum Gasteiger partial charge on any atom is 0.264 e. The fraction of sp³-hybridized carbons (Fsp3) is 0.375. The second kappa shape index (κ2) is 13.7. The third-order valence-electron chi connectivity index (χ3n) is 6.85. The predicted molar refractivity (Wildman–Crippen MR) is 163 cm³/mol. The molecule has 9 heteroatoms. The Bertz CT molecular complexity index is 1450. The Balaban J connectivity index is 2.10. The molecule has 1 N–H and O–H groups in total. The van der Waals surface area contributed by atoms with Crippen LogP contribution in [-0.2, 0) is 26.2 Å². The summed E-state index contributed by atoms with van der Waals surface area (Å²) < 4.78 is 34.6. The monoisotopic (exact) mass is 579 g/mol. The standard InChI is InChI=1S/C32H41N3O5S/c1-8-29(32(37)33-22(2)3)34(20-26-13-15-27(40-7)16-14-26)31(36)21-35(30-19-24(5)9-12-25(30)6)41(38,39)28-17-10-23(4)11-18-28/h9-19,22,29H,8,20-21H2,1-7H3,(H,33,37)/t29-/m0/s1. The number of carbonyl (C=O) groups is 2. The molecule has 220 valence electrons. The number of anilines is 1. The first kappa shape index (κ1) is 31.7. The molecule has 3 rings (SSSR count). The van der Waals surface area contributed by atoms with E-state index in [2.05, 4.69) is 5.32 Å². The van der Waals surface area contributed by atoms with Crippen LogP contribution in [0.4, 0.5) is 5.69 Å². The van der Waals surface area contributed by atoms with Crippen molar-refractivity contribution in [1.82, 2.24) is 10.2 Å². The second-order valence-electron chi connectivity index (χ2n) is 10.6. The van der Waals surface area contributed by atoms with E-state index in [1.807, 2.05) is 65.8 Å². The van der Waals surface area contributed by atoms with Crippen molar-refractivity contribution in [1.29, 1.82) is 0 Å². The van der Waals surface area contributed by atoms with E-state index in [1.165, 1.54) is 4.90 Å². The van der Waals surface area contributed by atoms with Crippen molar-refractivity contribution in [2.45, 2.75) is 71.5 Å². The molecule has 3 aromatic carbocycles. The molecule has 3 aromatic rings. The number of amides is 2. The van der Waals surface area contributed by atoms with Gasteiger partial charge in [-0.05, 0) is 88.1 Å². The first-order valence-electron chi connectivity index (χ1n) is 13.8. The maximum atomic E-state index is 14.2. The number of aryl methyl sites for hydroxylation is 3. The third kappa shape index (κ3) is 7.88. The highest BCUT2D eigenvalue weighted by atomic mass is 32.2. The molecule has 0 unspecified atom stereocenters. The molecule has 0 fully saturated rings. The highest BCUT2D eigenvalue weighted by Crippen LogP contribution is 2.29. The minimum atomic E-state index is -4.12. The Morgan fingerprint density at radius 3 is 2.07 bits per heavy atom. The Labute approximate surface area is 244 Å². The summed E-state index contributed by atoms with van der Waals surface area (Å²) in [5.74, 6) is -0.103. The van der Waals surface area contributed by atoms with E-state index in [9.17, 15) is 18.0 Å². The van der Waals surface area contributed by atoms with Gasteiger partial charge < -0.3 is 15.0 Å². The number of carbonyl (C=O) groups excluding carboxylic acids is 2. The van der Waals surface area contributed by atoms with Gasteiger partial charge in [-0.15, -0.1) is 0 Å². The number of benzene rings is 3. The topological polar surface area (TPSA) is 96.0 Å². The molecule has 41 heavy (non-hydrogen) atoms. The van der Waals surface area contributed by atoms with E-state index < -0.39 is 28.5 Å². The molecule has 0 saturated heterocycles. The zero-order valence-corrected chi connectivity index (χ0v) is 25.8. The summed E-state index contributed by atoms with van der Waals surface area (Å²) in [5, 5.41) is 2.91. The summed E-state index contributed by atoms with van der Waals surface area (Å²) in [5.41, 5.74) is 3.70. The third-order valence-corrected chi connectivity index (χ3v) is 8.62. The van der Waals surface area contributed by atoms with Gasteiger partial charge in [0.15, 0.2) is 0 Å². The molecule has 0 aliphatic rings. The van der Waals surface area contributed by atoms with Crippen molar-refractivity contribution in [2.24, 2.45) is 0 Å². The fourth-order valence-electron chi connectivity index (χ4n) is 4.57. The first-order chi connectivity index (χ1) is 19.4. The van der Waals surface area contributed by atoms with Crippen LogP contribution in [-0.4, -0.2) is 50.9 Å². The van der Waals surface area contributed by atoms with Gasteiger partial charge in [0.2, 0.25) is 11.8 Å². The van der Waals surface area contributed by atoms with E-state index in [4.69, 9.17) is 4.74 Å². The molecule has 0 heterocycles. The van der Waals surface area contributed by atoms with Gasteiger partial charge >= 0.3 is 0 Å². The van der Waals surface area contributed by atoms with Crippen LogP contribution in [0.2, 0.25) is 0 Å². The molecule has 0 aliphatic heterocycles. The van der Waals surface area contributed by atoms with Crippen LogP contribution in [0.1, 0.15) is 49.4 Å². The van der Waals surface area contributed by atoms with Gasteiger partial charge in [-0.3, -0.25) is 13.9 Å². The van der Waals surface area contributed by atoms with Crippen molar-refractivity contribution >= 4 is 27.5 Å². The highest BCUT2D eigenvalue weighted by Gasteiger charge is 2.34. The highest BCUT2D eigenvalue weighted by molar-refractivity contribution is 7.92. The summed E-state index contributed by atoms with van der Waals surface area (Å²) in [6, 6.07) is 18.4. The summed E-state index contributed by atoms with van der Waals surface area (Å²) >= 11 is 0. The zero-order valence-electron chi connectivity index (χ0n) is 25.0. The largest absolute Gasteiger partial charge is 0.497 e. The van der Waals surface area contributed by atoms with Crippen LogP contribution >= 0.6 is 0 Å². The molecule has 8 nitrogen and oxygen atoms in total. The van der Waals surface area contributed by atoms with Crippen LogP contribution in [0.3, 0.4) is 0 Å². The van der Waals surface area contributed by atoms with Gasteiger partial charge in [-0.1, -0.05) is 48.9 Å². The van der Waals surface area contributed by atoms with E-state index in [0.717, 1.165) is 21.0 Å². The number of nitrogens with one attached hydrogen (secondary N) is 1. The van der Waals surface area contributed by atoms with Crippen molar-refractivity contribution in [3.63, 3.8) is 0 Å². The van der Waals surface area contributed by atoms with Crippen LogP contribution in [0.15, 0.2) is 71.6 Å². The lowest BCUT2D eigenvalue weighted by molar-refractivity contribution is -0.140. The van der Waals surface area contributed by atoms with Crippen molar-refractivity contribution in [3.05, 3.63) is 89.0 Å².